The molecule has 0 saturated heterocycles. The number of nitrogens with zero attached hydrogens (tertiary/aromatic N) is 1. The van der Waals surface area contributed by atoms with Gasteiger partial charge >= 0.3 is 0 Å². The minimum Gasteiger partial charge on any atom is -0.354 e. The highest BCUT2D eigenvalue weighted by molar-refractivity contribution is 5.88. The van der Waals surface area contributed by atoms with E-state index < -0.39 is 6.04 Å². The molecular weight excluding hydrogens is 451 g/mol. The number of nitrogens with one attached hydrogen (secondary N) is 1. The van der Waals surface area contributed by atoms with Gasteiger partial charge in [0.05, 0.1) is 0 Å². The van der Waals surface area contributed by atoms with Gasteiger partial charge in [-0.3, -0.25) is 9.59 Å². The third-order valence-corrected chi connectivity index (χ3v) is 6.36. The molecule has 3 aromatic rings. The van der Waals surface area contributed by atoms with Crippen molar-refractivity contribution in [1.29, 1.82) is 0 Å². The maximum absolute atomic E-state index is 13.6. The molecule has 0 bridgehead atoms. The zero-order chi connectivity index (χ0) is 25.9. The zero-order valence-corrected chi connectivity index (χ0v) is 21.5. The standard InChI is InChI=1S/C31H37FN2O2/c1-4-20-33-31(36)29(21-25-8-6-5-7-9-25)34(22-26-12-17-28(32)18-13-26)30(35)19-14-24-10-15-27(16-11-24)23(2)3/h5-13,15-18,23,29H,4,14,19-22H2,1-3H3,(H,33,36)/t29-/m0/s1. The quantitative estimate of drug-likeness (QED) is 0.337. The molecule has 0 spiro atoms. The molecule has 0 aliphatic carbocycles. The Morgan fingerprint density at radius 1 is 0.861 bits per heavy atom. The normalized spacial score (nSPS) is 11.8. The number of benzene rings is 3. The van der Waals surface area contributed by atoms with Gasteiger partial charge in [-0.1, -0.05) is 87.5 Å². The average Bonchev–Trinajstić information content (AvgIpc) is 2.89. The van der Waals surface area contributed by atoms with Crippen molar-refractivity contribution in [2.75, 3.05) is 6.54 Å². The number of amides is 2. The molecule has 2 amide bonds. The molecule has 0 aliphatic rings. The monoisotopic (exact) mass is 488 g/mol. The molecule has 0 unspecified atom stereocenters. The molecule has 0 heterocycles. The summed E-state index contributed by atoms with van der Waals surface area (Å²) in [7, 11) is 0. The van der Waals surface area contributed by atoms with E-state index in [4.69, 9.17) is 0 Å². The summed E-state index contributed by atoms with van der Waals surface area (Å²) in [5.41, 5.74) is 4.12. The highest BCUT2D eigenvalue weighted by atomic mass is 19.1. The lowest BCUT2D eigenvalue weighted by atomic mass is 9.99. The van der Waals surface area contributed by atoms with Crippen LogP contribution in [0.4, 0.5) is 4.39 Å². The molecule has 0 radical (unpaired) electrons. The molecule has 1 atom stereocenters. The van der Waals surface area contributed by atoms with Gasteiger partial charge in [-0.05, 0) is 53.1 Å². The van der Waals surface area contributed by atoms with Crippen molar-refractivity contribution in [2.24, 2.45) is 0 Å². The topological polar surface area (TPSA) is 49.4 Å². The molecule has 0 fully saturated rings. The number of carbonyl (C=O) groups is 2. The van der Waals surface area contributed by atoms with Crippen LogP contribution in [0.2, 0.25) is 0 Å². The molecule has 0 saturated carbocycles. The maximum atomic E-state index is 13.6. The van der Waals surface area contributed by atoms with Gasteiger partial charge in [0.2, 0.25) is 11.8 Å². The zero-order valence-electron chi connectivity index (χ0n) is 21.5. The van der Waals surface area contributed by atoms with Gasteiger partial charge in [0.25, 0.3) is 0 Å². The fraction of sp³-hybridized carbons (Fsp3) is 0.355. The first-order valence-electron chi connectivity index (χ1n) is 12.8. The van der Waals surface area contributed by atoms with Crippen LogP contribution in [-0.4, -0.2) is 29.3 Å². The van der Waals surface area contributed by atoms with E-state index in [1.54, 1.807) is 17.0 Å². The first-order valence-corrected chi connectivity index (χ1v) is 12.8. The smallest absolute Gasteiger partial charge is 0.243 e. The molecule has 36 heavy (non-hydrogen) atoms. The van der Waals surface area contributed by atoms with E-state index in [2.05, 4.69) is 43.4 Å². The molecule has 0 aromatic heterocycles. The lowest BCUT2D eigenvalue weighted by molar-refractivity contribution is -0.141. The molecular formula is C31H37FN2O2. The third-order valence-electron chi connectivity index (χ3n) is 6.36. The van der Waals surface area contributed by atoms with Crippen molar-refractivity contribution in [3.63, 3.8) is 0 Å². The minimum absolute atomic E-state index is 0.0974. The Kier molecular flexibility index (Phi) is 10.2. The second kappa shape index (κ2) is 13.6. The largest absolute Gasteiger partial charge is 0.354 e. The molecule has 5 heteroatoms. The number of halogens is 1. The molecule has 3 aromatic carbocycles. The van der Waals surface area contributed by atoms with Gasteiger partial charge in [0, 0.05) is 25.9 Å². The lowest BCUT2D eigenvalue weighted by Gasteiger charge is -2.31. The van der Waals surface area contributed by atoms with Gasteiger partial charge < -0.3 is 10.2 Å². The van der Waals surface area contributed by atoms with Crippen molar-refractivity contribution in [2.45, 2.75) is 65.0 Å². The van der Waals surface area contributed by atoms with Crippen LogP contribution in [0.25, 0.3) is 0 Å². The summed E-state index contributed by atoms with van der Waals surface area (Å²) in [6.45, 7) is 7.09. The number of rotatable bonds is 12. The van der Waals surface area contributed by atoms with E-state index in [1.165, 1.54) is 17.7 Å². The minimum atomic E-state index is -0.667. The SMILES string of the molecule is CCCNC(=O)[C@H](Cc1ccccc1)N(Cc1ccc(F)cc1)C(=O)CCc1ccc(C(C)C)cc1. The number of hydrogen-bond donors (Lipinski definition) is 1. The summed E-state index contributed by atoms with van der Waals surface area (Å²) in [6.07, 6.45) is 2.09. The Balaban J connectivity index is 1.85. The van der Waals surface area contributed by atoms with E-state index in [-0.39, 0.29) is 30.6 Å². The second-order valence-corrected chi connectivity index (χ2v) is 9.54. The van der Waals surface area contributed by atoms with Crippen molar-refractivity contribution in [3.8, 4) is 0 Å². The fourth-order valence-electron chi connectivity index (χ4n) is 4.17. The molecule has 4 nitrogen and oxygen atoms in total. The van der Waals surface area contributed by atoms with E-state index in [0.717, 1.165) is 23.1 Å². The van der Waals surface area contributed by atoms with Crippen LogP contribution in [0.3, 0.4) is 0 Å². The number of carbonyl (C=O) groups excluding carboxylic acids is 2. The Bertz CT molecular complexity index is 1100. The predicted octanol–water partition coefficient (Wildman–Crippen LogP) is 6.05. The van der Waals surface area contributed by atoms with Crippen LogP contribution in [0.5, 0.6) is 0 Å². The molecule has 3 rings (SSSR count). The number of hydrogen-bond acceptors (Lipinski definition) is 2. The first kappa shape index (κ1) is 27.1. The average molecular weight is 489 g/mol. The highest BCUT2D eigenvalue weighted by Gasteiger charge is 2.30. The Hall–Kier alpha value is -3.47. The van der Waals surface area contributed by atoms with Crippen molar-refractivity contribution in [3.05, 3.63) is 107 Å². The summed E-state index contributed by atoms with van der Waals surface area (Å²) in [4.78, 5) is 28.6. The third kappa shape index (κ3) is 8.04. The second-order valence-electron chi connectivity index (χ2n) is 9.54. The first-order chi connectivity index (χ1) is 17.4. The maximum Gasteiger partial charge on any atom is 0.243 e. The van der Waals surface area contributed by atoms with Gasteiger partial charge in [0.15, 0.2) is 0 Å². The summed E-state index contributed by atoms with van der Waals surface area (Å²) >= 11 is 0. The van der Waals surface area contributed by atoms with Crippen LogP contribution in [0, 0.1) is 5.82 Å². The van der Waals surface area contributed by atoms with Crippen molar-refractivity contribution < 1.29 is 14.0 Å². The van der Waals surface area contributed by atoms with Crippen LogP contribution < -0.4 is 5.32 Å². The molecule has 190 valence electrons. The lowest BCUT2D eigenvalue weighted by Crippen LogP contribution is -2.50. The Labute approximate surface area is 214 Å². The number of aryl methyl sites for hydroxylation is 1. The van der Waals surface area contributed by atoms with Gasteiger partial charge in [-0.15, -0.1) is 0 Å². The van der Waals surface area contributed by atoms with Gasteiger partial charge in [-0.2, -0.15) is 0 Å². The summed E-state index contributed by atoms with van der Waals surface area (Å²) < 4.78 is 13.5. The highest BCUT2D eigenvalue weighted by Crippen LogP contribution is 2.19. The van der Waals surface area contributed by atoms with Crippen LogP contribution in [0.1, 0.15) is 61.8 Å². The van der Waals surface area contributed by atoms with E-state index in [9.17, 15) is 14.0 Å². The van der Waals surface area contributed by atoms with E-state index in [0.29, 0.717) is 25.3 Å². The molecule has 0 aliphatic heterocycles. The van der Waals surface area contributed by atoms with Crippen LogP contribution >= 0.6 is 0 Å². The van der Waals surface area contributed by atoms with Crippen molar-refractivity contribution >= 4 is 11.8 Å². The Morgan fingerprint density at radius 3 is 2.11 bits per heavy atom. The molecule has 1 N–H and O–H groups in total. The van der Waals surface area contributed by atoms with Crippen LogP contribution in [0.15, 0.2) is 78.9 Å². The Morgan fingerprint density at radius 2 is 1.50 bits per heavy atom. The van der Waals surface area contributed by atoms with E-state index >= 15 is 0 Å². The predicted molar refractivity (Wildman–Crippen MR) is 143 cm³/mol. The van der Waals surface area contributed by atoms with Gasteiger partial charge in [0.1, 0.15) is 11.9 Å². The fourth-order valence-corrected chi connectivity index (χ4v) is 4.17. The van der Waals surface area contributed by atoms with Crippen molar-refractivity contribution in [1.82, 2.24) is 10.2 Å². The van der Waals surface area contributed by atoms with Crippen LogP contribution in [-0.2, 0) is 29.0 Å². The summed E-state index contributed by atoms with van der Waals surface area (Å²) in [6, 6.07) is 23.5. The van der Waals surface area contributed by atoms with E-state index in [1.807, 2.05) is 37.3 Å². The van der Waals surface area contributed by atoms with Gasteiger partial charge in [-0.25, -0.2) is 4.39 Å². The summed E-state index contributed by atoms with van der Waals surface area (Å²) in [5, 5.41) is 2.98. The summed E-state index contributed by atoms with van der Waals surface area (Å²) in [5.74, 6) is -0.146.